The monoisotopic (exact) mass is 514 g/mol. The van der Waals surface area contributed by atoms with Crippen LogP contribution in [0.15, 0.2) is 72.9 Å². The lowest BCUT2D eigenvalue weighted by atomic mass is 9.72. The van der Waals surface area contributed by atoms with Gasteiger partial charge in [0.15, 0.2) is 5.54 Å². The molecule has 0 aliphatic carbocycles. The highest BCUT2D eigenvalue weighted by Gasteiger charge is 2.78. The molecule has 3 aliphatic heterocycles. The van der Waals surface area contributed by atoms with Crippen LogP contribution in [0.5, 0.6) is 0 Å². The summed E-state index contributed by atoms with van der Waals surface area (Å²) in [7, 11) is 1.94. The highest BCUT2D eigenvalue weighted by atomic mass is 32.2. The van der Waals surface area contributed by atoms with E-state index in [4.69, 9.17) is 12.2 Å². The molecule has 6 rings (SSSR count). The Bertz CT molecular complexity index is 1380. The van der Waals surface area contributed by atoms with Crippen molar-refractivity contribution in [2.75, 3.05) is 18.9 Å². The molecule has 2 aromatic carbocycles. The molecule has 0 saturated carbocycles. The summed E-state index contributed by atoms with van der Waals surface area (Å²) in [6.07, 6.45) is 2.58. The predicted octanol–water partition coefficient (Wildman–Crippen LogP) is 4.32. The van der Waals surface area contributed by atoms with E-state index in [1.807, 2.05) is 72.6 Å². The highest BCUT2D eigenvalue weighted by Crippen LogP contribution is 2.65. The molecule has 36 heavy (non-hydrogen) atoms. The first kappa shape index (κ1) is 23.3. The number of carbonyl (C=O) groups excluding carboxylic acids is 2. The number of nitrogens with zero attached hydrogens (tertiary/aromatic N) is 3. The number of aromatic nitrogens is 1. The quantitative estimate of drug-likeness (QED) is 0.523. The third-order valence-electron chi connectivity index (χ3n) is 7.78. The fourth-order valence-electron chi connectivity index (χ4n) is 6.13. The summed E-state index contributed by atoms with van der Waals surface area (Å²) in [6.45, 7) is 2.96. The Balaban J connectivity index is 1.58. The van der Waals surface area contributed by atoms with Crippen LogP contribution in [0.3, 0.4) is 0 Å². The Hall–Kier alpha value is -3.07. The summed E-state index contributed by atoms with van der Waals surface area (Å²) in [5.41, 5.74) is 3.29. The molecule has 1 N–H and O–H groups in total. The lowest BCUT2D eigenvalue weighted by Crippen LogP contribution is -2.61. The number of pyridine rings is 1. The van der Waals surface area contributed by atoms with Crippen LogP contribution in [0.2, 0.25) is 0 Å². The fraction of sp³-hybridized carbons (Fsp3) is 0.286. The molecule has 3 aromatic rings. The van der Waals surface area contributed by atoms with Gasteiger partial charge in [-0.15, -0.1) is 0 Å². The van der Waals surface area contributed by atoms with Crippen molar-refractivity contribution in [1.29, 1.82) is 0 Å². The number of thiocarbonyl (C=S) groups is 1. The molecule has 3 atom stereocenters. The normalized spacial score (nSPS) is 27.3. The first-order valence-electron chi connectivity index (χ1n) is 12.1. The summed E-state index contributed by atoms with van der Waals surface area (Å²) >= 11 is 7.23. The minimum Gasteiger partial charge on any atom is -0.324 e. The van der Waals surface area contributed by atoms with Crippen LogP contribution >= 0.6 is 24.0 Å². The van der Waals surface area contributed by atoms with E-state index in [0.29, 0.717) is 17.4 Å². The van der Waals surface area contributed by atoms with Gasteiger partial charge in [-0.1, -0.05) is 79.4 Å². The smallest absolute Gasteiger partial charge is 0.251 e. The maximum atomic E-state index is 14.7. The second-order valence-corrected chi connectivity index (χ2v) is 11.4. The molecule has 2 spiro atoms. The Morgan fingerprint density at radius 1 is 1.08 bits per heavy atom. The lowest BCUT2D eigenvalue weighted by Gasteiger charge is -2.41. The van der Waals surface area contributed by atoms with Gasteiger partial charge in [0.1, 0.15) is 9.07 Å². The van der Waals surface area contributed by atoms with Crippen LogP contribution in [0.1, 0.15) is 35.2 Å². The first-order valence-corrected chi connectivity index (χ1v) is 13.3. The summed E-state index contributed by atoms with van der Waals surface area (Å²) < 4.78 is -0.698. The largest absolute Gasteiger partial charge is 0.324 e. The number of hydrogen-bond donors (Lipinski definition) is 1. The molecule has 2 fully saturated rings. The number of anilines is 1. The molecule has 1 aromatic heterocycles. The van der Waals surface area contributed by atoms with Crippen molar-refractivity contribution in [3.8, 4) is 0 Å². The number of nitrogens with one attached hydrogen (secondary N) is 1. The maximum Gasteiger partial charge on any atom is 0.251 e. The van der Waals surface area contributed by atoms with Gasteiger partial charge in [-0.25, -0.2) is 0 Å². The van der Waals surface area contributed by atoms with Gasteiger partial charge < -0.3 is 5.32 Å². The number of likely N-dealkylation sites (N-methyl/N-ethyl adjacent to an activating group) is 1. The van der Waals surface area contributed by atoms with Gasteiger partial charge in [-0.3, -0.25) is 24.4 Å². The van der Waals surface area contributed by atoms with Gasteiger partial charge >= 0.3 is 0 Å². The molecule has 2 saturated heterocycles. The second kappa shape index (κ2) is 8.50. The minimum atomic E-state index is -1.22. The van der Waals surface area contributed by atoms with Crippen molar-refractivity contribution in [1.82, 2.24) is 14.8 Å². The molecule has 0 radical (unpaired) electrons. The zero-order chi connectivity index (χ0) is 25.1. The highest BCUT2D eigenvalue weighted by molar-refractivity contribution is 8.25. The fourth-order valence-corrected chi connectivity index (χ4v) is 8.25. The maximum absolute atomic E-state index is 14.7. The first-order chi connectivity index (χ1) is 17.4. The number of thioether (sulfide) groups is 1. The van der Waals surface area contributed by atoms with E-state index in [0.717, 1.165) is 34.5 Å². The van der Waals surface area contributed by atoms with Crippen molar-refractivity contribution in [3.05, 3.63) is 95.3 Å². The molecule has 3 unspecified atom stereocenters. The van der Waals surface area contributed by atoms with E-state index in [-0.39, 0.29) is 17.7 Å². The summed E-state index contributed by atoms with van der Waals surface area (Å²) in [4.78, 5) is 37.2. The Labute approximate surface area is 220 Å². The Kier molecular flexibility index (Phi) is 5.51. The van der Waals surface area contributed by atoms with Crippen molar-refractivity contribution < 1.29 is 9.59 Å². The summed E-state index contributed by atoms with van der Waals surface area (Å²) in [5.74, 6) is -0.648. The number of likely N-dealkylation sites (tertiary alicyclic amines) is 1. The van der Waals surface area contributed by atoms with Crippen LogP contribution in [-0.2, 0) is 28.1 Å². The average Bonchev–Trinajstić information content (AvgIpc) is 3.44. The minimum absolute atomic E-state index is 0.133. The van der Waals surface area contributed by atoms with E-state index in [1.54, 1.807) is 11.1 Å². The summed E-state index contributed by atoms with van der Waals surface area (Å²) in [6, 6.07) is 21.7. The number of aryl methyl sites for hydroxylation is 1. The molecule has 6 nitrogen and oxygen atoms in total. The molecule has 0 bridgehead atoms. The van der Waals surface area contributed by atoms with Gasteiger partial charge in [0.25, 0.3) is 5.91 Å². The third kappa shape index (κ3) is 3.01. The van der Waals surface area contributed by atoms with Crippen molar-refractivity contribution in [3.63, 3.8) is 0 Å². The lowest BCUT2D eigenvalue weighted by molar-refractivity contribution is -0.138. The van der Waals surface area contributed by atoms with Gasteiger partial charge in [0, 0.05) is 35.6 Å². The van der Waals surface area contributed by atoms with Crippen LogP contribution in [0.4, 0.5) is 5.69 Å². The molecular weight excluding hydrogens is 488 g/mol. The van der Waals surface area contributed by atoms with Crippen molar-refractivity contribution in [2.24, 2.45) is 0 Å². The molecule has 8 heteroatoms. The van der Waals surface area contributed by atoms with Crippen LogP contribution < -0.4 is 5.32 Å². The number of rotatable bonds is 4. The summed E-state index contributed by atoms with van der Waals surface area (Å²) in [5, 5.41) is 3.11. The number of carbonyl (C=O) groups is 2. The van der Waals surface area contributed by atoms with Crippen LogP contribution in [-0.4, -0.2) is 49.3 Å². The topological polar surface area (TPSA) is 65.5 Å². The molecule has 3 aliphatic rings. The Morgan fingerprint density at radius 3 is 2.58 bits per heavy atom. The van der Waals surface area contributed by atoms with E-state index in [1.165, 1.54) is 11.8 Å². The van der Waals surface area contributed by atoms with Gasteiger partial charge in [-0.2, -0.15) is 0 Å². The number of amides is 2. The van der Waals surface area contributed by atoms with E-state index in [2.05, 4.69) is 23.3 Å². The van der Waals surface area contributed by atoms with Crippen LogP contribution in [0, 0.1) is 0 Å². The van der Waals surface area contributed by atoms with Gasteiger partial charge in [0.2, 0.25) is 5.91 Å². The zero-order valence-corrected chi connectivity index (χ0v) is 21.7. The second-order valence-electron chi connectivity index (χ2n) is 9.57. The number of hydrogen-bond acceptors (Lipinski definition) is 6. The zero-order valence-electron chi connectivity index (χ0n) is 20.1. The van der Waals surface area contributed by atoms with Crippen molar-refractivity contribution >= 4 is 45.8 Å². The average molecular weight is 515 g/mol. The SMILES string of the molecule is CCc1ccc2c(c1)C1(C(=O)N2)N(C)CC(c2ccccn2)C12SC(=S)N(Cc1ccccc1)C2=O. The van der Waals surface area contributed by atoms with E-state index in [9.17, 15) is 9.59 Å². The molecule has 4 heterocycles. The van der Waals surface area contributed by atoms with E-state index >= 15 is 0 Å². The predicted molar refractivity (Wildman–Crippen MR) is 146 cm³/mol. The van der Waals surface area contributed by atoms with Crippen molar-refractivity contribution in [2.45, 2.75) is 36.1 Å². The van der Waals surface area contributed by atoms with E-state index < -0.39 is 10.3 Å². The Morgan fingerprint density at radius 2 is 1.86 bits per heavy atom. The van der Waals surface area contributed by atoms with Crippen LogP contribution in [0.25, 0.3) is 0 Å². The standard InChI is InChI=1S/C28H26N4O2S2/c1-3-18-12-13-23-20(15-18)27(24(33)30-23)28(21(17-31(27)2)22-11-7-8-14-29-22)25(34)32(26(35)36-28)16-19-9-5-4-6-10-19/h4-15,21H,3,16-17H2,1-2H3,(H,30,33). The third-order valence-corrected chi connectivity index (χ3v) is 9.72. The molecule has 182 valence electrons. The number of fused-ring (bicyclic) bond motifs is 3. The van der Waals surface area contributed by atoms with Gasteiger partial charge in [0.05, 0.1) is 6.54 Å². The molecular formula is C28H26N4O2S2. The molecule has 2 amide bonds. The number of benzene rings is 2. The van der Waals surface area contributed by atoms with Gasteiger partial charge in [-0.05, 0) is 42.8 Å².